The van der Waals surface area contributed by atoms with Crippen molar-refractivity contribution < 1.29 is 0 Å². The highest BCUT2D eigenvalue weighted by Crippen LogP contribution is 2.22. The first-order valence-corrected chi connectivity index (χ1v) is 6.91. The molecule has 5 heteroatoms. The summed E-state index contributed by atoms with van der Waals surface area (Å²) in [4.78, 5) is 4.15. The SMILES string of the molecule is Clc1ccc(CNc2ccc(Br)nc2)c(Br)c1. The van der Waals surface area contributed by atoms with Crippen LogP contribution in [0.5, 0.6) is 0 Å². The van der Waals surface area contributed by atoms with Gasteiger partial charge in [-0.1, -0.05) is 33.6 Å². The number of nitrogens with zero attached hydrogens (tertiary/aromatic N) is 1. The summed E-state index contributed by atoms with van der Waals surface area (Å²) in [6.45, 7) is 0.723. The van der Waals surface area contributed by atoms with Crippen molar-refractivity contribution in [3.63, 3.8) is 0 Å². The number of rotatable bonds is 3. The fraction of sp³-hybridized carbons (Fsp3) is 0.0833. The predicted molar refractivity (Wildman–Crippen MR) is 78.4 cm³/mol. The van der Waals surface area contributed by atoms with E-state index in [1.165, 1.54) is 0 Å². The summed E-state index contributed by atoms with van der Waals surface area (Å²) in [6, 6.07) is 9.63. The molecule has 1 aromatic heterocycles. The van der Waals surface area contributed by atoms with Crippen molar-refractivity contribution in [1.82, 2.24) is 4.98 Å². The number of anilines is 1. The minimum absolute atomic E-state index is 0.723. The Morgan fingerprint density at radius 2 is 2.00 bits per heavy atom. The maximum absolute atomic E-state index is 5.89. The lowest BCUT2D eigenvalue weighted by molar-refractivity contribution is 1.12. The molecule has 0 saturated carbocycles. The van der Waals surface area contributed by atoms with Crippen LogP contribution in [0.25, 0.3) is 0 Å². The normalized spacial score (nSPS) is 10.3. The average molecular weight is 376 g/mol. The Labute approximate surface area is 122 Å². The van der Waals surface area contributed by atoms with Gasteiger partial charge in [0.15, 0.2) is 0 Å². The van der Waals surface area contributed by atoms with Crippen LogP contribution in [0, 0.1) is 0 Å². The lowest BCUT2D eigenvalue weighted by atomic mass is 10.2. The molecule has 0 aliphatic heterocycles. The third-order valence-electron chi connectivity index (χ3n) is 2.23. The molecule has 0 atom stereocenters. The van der Waals surface area contributed by atoms with Crippen molar-refractivity contribution >= 4 is 49.1 Å². The number of halogens is 3. The molecular weight excluding hydrogens is 367 g/mol. The standard InChI is InChI=1S/C12H9Br2ClN2/c13-11-5-9(15)2-1-8(11)6-16-10-3-4-12(14)17-7-10/h1-5,7,16H,6H2. The van der Waals surface area contributed by atoms with Gasteiger partial charge in [-0.25, -0.2) is 4.98 Å². The topological polar surface area (TPSA) is 24.9 Å². The molecule has 0 saturated heterocycles. The highest BCUT2D eigenvalue weighted by molar-refractivity contribution is 9.10. The Morgan fingerprint density at radius 1 is 1.18 bits per heavy atom. The fourth-order valence-electron chi connectivity index (χ4n) is 1.34. The second-order valence-corrected chi connectivity index (χ2v) is 5.56. The van der Waals surface area contributed by atoms with E-state index < -0.39 is 0 Å². The van der Waals surface area contributed by atoms with Gasteiger partial charge in [0.2, 0.25) is 0 Å². The Balaban J connectivity index is 2.04. The highest BCUT2D eigenvalue weighted by atomic mass is 79.9. The average Bonchev–Trinajstić information content (AvgIpc) is 2.30. The van der Waals surface area contributed by atoms with Gasteiger partial charge >= 0.3 is 0 Å². The van der Waals surface area contributed by atoms with Gasteiger partial charge < -0.3 is 5.32 Å². The molecule has 2 aromatic rings. The number of pyridine rings is 1. The largest absolute Gasteiger partial charge is 0.380 e. The number of hydrogen-bond acceptors (Lipinski definition) is 2. The molecule has 1 aromatic carbocycles. The number of benzene rings is 1. The molecule has 2 rings (SSSR count). The first-order chi connectivity index (χ1) is 8.15. The van der Waals surface area contributed by atoms with Crippen molar-refractivity contribution in [3.8, 4) is 0 Å². The van der Waals surface area contributed by atoms with Gasteiger partial charge in [-0.2, -0.15) is 0 Å². The lowest BCUT2D eigenvalue weighted by Crippen LogP contribution is -2.00. The summed E-state index contributed by atoms with van der Waals surface area (Å²) in [6.07, 6.45) is 1.79. The van der Waals surface area contributed by atoms with Crippen molar-refractivity contribution in [2.24, 2.45) is 0 Å². The zero-order valence-corrected chi connectivity index (χ0v) is 12.7. The van der Waals surface area contributed by atoms with Crippen LogP contribution in [-0.2, 0) is 6.54 Å². The minimum Gasteiger partial charge on any atom is -0.380 e. The van der Waals surface area contributed by atoms with Gasteiger partial charge in [0.05, 0.1) is 11.9 Å². The van der Waals surface area contributed by atoms with E-state index in [4.69, 9.17) is 11.6 Å². The van der Waals surface area contributed by atoms with E-state index in [9.17, 15) is 0 Å². The first-order valence-electron chi connectivity index (χ1n) is 4.94. The second kappa shape index (κ2) is 5.85. The molecule has 2 nitrogen and oxygen atoms in total. The van der Waals surface area contributed by atoms with E-state index in [0.29, 0.717) is 0 Å². The van der Waals surface area contributed by atoms with E-state index in [-0.39, 0.29) is 0 Å². The molecule has 0 aliphatic carbocycles. The van der Waals surface area contributed by atoms with Crippen molar-refractivity contribution in [2.45, 2.75) is 6.54 Å². The van der Waals surface area contributed by atoms with E-state index in [1.807, 2.05) is 30.3 Å². The molecule has 0 radical (unpaired) electrons. The van der Waals surface area contributed by atoms with Crippen LogP contribution < -0.4 is 5.32 Å². The van der Waals surface area contributed by atoms with Crippen LogP contribution in [0.1, 0.15) is 5.56 Å². The van der Waals surface area contributed by atoms with Gasteiger partial charge in [-0.3, -0.25) is 0 Å². The van der Waals surface area contributed by atoms with Gasteiger partial charge in [-0.05, 0) is 45.8 Å². The molecule has 1 heterocycles. The molecule has 0 fully saturated rings. The van der Waals surface area contributed by atoms with Gasteiger partial charge in [0.1, 0.15) is 4.60 Å². The monoisotopic (exact) mass is 374 g/mol. The molecule has 0 bridgehead atoms. The number of aromatic nitrogens is 1. The Hall–Kier alpha value is -0.580. The number of hydrogen-bond donors (Lipinski definition) is 1. The Bertz CT molecular complexity index is 514. The highest BCUT2D eigenvalue weighted by Gasteiger charge is 2.01. The molecule has 17 heavy (non-hydrogen) atoms. The molecule has 88 valence electrons. The van der Waals surface area contributed by atoms with E-state index in [1.54, 1.807) is 6.20 Å². The predicted octanol–water partition coefficient (Wildman–Crippen LogP) is 4.87. The molecule has 0 spiro atoms. The summed E-state index contributed by atoms with van der Waals surface area (Å²) in [5.74, 6) is 0. The molecule has 0 unspecified atom stereocenters. The van der Waals surface area contributed by atoms with E-state index in [2.05, 4.69) is 42.2 Å². The van der Waals surface area contributed by atoms with Crippen molar-refractivity contribution in [1.29, 1.82) is 0 Å². The minimum atomic E-state index is 0.723. The third kappa shape index (κ3) is 3.69. The van der Waals surface area contributed by atoms with Crippen LogP contribution in [0.4, 0.5) is 5.69 Å². The summed E-state index contributed by atoms with van der Waals surface area (Å²) in [7, 11) is 0. The Morgan fingerprint density at radius 3 is 2.65 bits per heavy atom. The third-order valence-corrected chi connectivity index (χ3v) is 3.67. The maximum atomic E-state index is 5.89. The van der Waals surface area contributed by atoms with Crippen LogP contribution in [0.15, 0.2) is 45.6 Å². The molecule has 0 aliphatic rings. The number of nitrogens with one attached hydrogen (secondary N) is 1. The van der Waals surface area contributed by atoms with Crippen LogP contribution >= 0.6 is 43.5 Å². The summed E-state index contributed by atoms with van der Waals surface area (Å²) in [5, 5.41) is 4.02. The lowest BCUT2D eigenvalue weighted by Gasteiger charge is -2.08. The zero-order chi connectivity index (χ0) is 12.3. The van der Waals surface area contributed by atoms with Crippen molar-refractivity contribution in [2.75, 3.05) is 5.32 Å². The van der Waals surface area contributed by atoms with E-state index in [0.717, 1.165) is 31.9 Å². The van der Waals surface area contributed by atoms with Crippen molar-refractivity contribution in [3.05, 3.63) is 56.2 Å². The zero-order valence-electron chi connectivity index (χ0n) is 8.75. The Kier molecular flexibility index (Phi) is 4.42. The van der Waals surface area contributed by atoms with Gasteiger partial charge in [0.25, 0.3) is 0 Å². The van der Waals surface area contributed by atoms with Crippen LogP contribution in [0.2, 0.25) is 5.02 Å². The summed E-state index contributed by atoms with van der Waals surface area (Å²) < 4.78 is 1.83. The van der Waals surface area contributed by atoms with Gasteiger partial charge in [-0.15, -0.1) is 0 Å². The summed E-state index contributed by atoms with van der Waals surface area (Å²) in [5.41, 5.74) is 2.13. The van der Waals surface area contributed by atoms with Crippen LogP contribution in [-0.4, -0.2) is 4.98 Å². The first kappa shape index (κ1) is 12.9. The quantitative estimate of drug-likeness (QED) is 0.773. The molecule has 1 N–H and O–H groups in total. The maximum Gasteiger partial charge on any atom is 0.106 e. The molecular formula is C12H9Br2ClN2. The second-order valence-electron chi connectivity index (χ2n) is 3.46. The smallest absolute Gasteiger partial charge is 0.106 e. The van der Waals surface area contributed by atoms with Crippen LogP contribution in [0.3, 0.4) is 0 Å². The summed E-state index contributed by atoms with van der Waals surface area (Å²) >= 11 is 12.7. The molecule has 0 amide bonds. The fourth-order valence-corrected chi connectivity index (χ4v) is 2.40. The van der Waals surface area contributed by atoms with Gasteiger partial charge in [0, 0.05) is 16.0 Å². The van der Waals surface area contributed by atoms with E-state index >= 15 is 0 Å².